The lowest BCUT2D eigenvalue weighted by molar-refractivity contribution is 0.0994. The number of carbonyl (C=O) groups is 1. The van der Waals surface area contributed by atoms with Crippen molar-refractivity contribution >= 4 is 37.9 Å². The van der Waals surface area contributed by atoms with Crippen molar-refractivity contribution in [2.75, 3.05) is 6.26 Å². The van der Waals surface area contributed by atoms with E-state index in [1.54, 1.807) is 12.3 Å². The van der Waals surface area contributed by atoms with Gasteiger partial charge in [0.25, 0.3) is 0 Å². The summed E-state index contributed by atoms with van der Waals surface area (Å²) in [7, 11) is -3.39. The third-order valence-electron chi connectivity index (χ3n) is 3.03. The van der Waals surface area contributed by atoms with Crippen LogP contribution in [0.3, 0.4) is 0 Å². The second-order valence-corrected chi connectivity index (χ2v) is 7.96. The van der Waals surface area contributed by atoms with E-state index < -0.39 is 9.84 Å². The van der Waals surface area contributed by atoms with Crippen molar-refractivity contribution in [3.05, 3.63) is 47.1 Å². The van der Waals surface area contributed by atoms with Crippen molar-refractivity contribution in [2.24, 2.45) is 0 Å². The van der Waals surface area contributed by atoms with Crippen LogP contribution in [-0.4, -0.2) is 35.6 Å². The molecule has 1 aromatic carbocycles. The van der Waals surface area contributed by atoms with Crippen LogP contribution in [0, 0.1) is 0 Å². The average molecular weight is 333 g/mol. The Labute approximate surface area is 130 Å². The molecule has 2 heterocycles. The largest absolute Gasteiger partial charge is 0.294 e. The molecule has 0 aliphatic rings. The first kappa shape index (κ1) is 14.7. The maximum atomic E-state index is 12.4. The molecular formula is C14H11N3O3S2. The van der Waals surface area contributed by atoms with Gasteiger partial charge in [-0.1, -0.05) is 29.5 Å². The number of pyridine rings is 1. The van der Waals surface area contributed by atoms with Crippen LogP contribution >= 0.6 is 11.3 Å². The molecular weight excluding hydrogens is 322 g/mol. The highest BCUT2D eigenvalue weighted by Crippen LogP contribution is 2.20. The minimum Gasteiger partial charge on any atom is -0.294 e. The Morgan fingerprint density at radius 1 is 1.18 bits per heavy atom. The maximum Gasteiger partial charge on any atom is 0.232 e. The first-order chi connectivity index (χ1) is 10.4. The molecule has 22 heavy (non-hydrogen) atoms. The molecule has 0 aliphatic heterocycles. The van der Waals surface area contributed by atoms with Crippen LogP contribution in [0.1, 0.15) is 15.4 Å². The number of carbonyl (C=O) groups excluding carboxylic acids is 1. The van der Waals surface area contributed by atoms with Gasteiger partial charge in [-0.2, -0.15) is 0 Å². The maximum absolute atomic E-state index is 12.4. The van der Waals surface area contributed by atoms with E-state index in [9.17, 15) is 13.2 Å². The van der Waals surface area contributed by atoms with Crippen molar-refractivity contribution in [2.45, 2.75) is 10.8 Å². The Bertz CT molecular complexity index is 959. The number of rotatable bonds is 4. The summed E-state index contributed by atoms with van der Waals surface area (Å²) in [6, 6.07) is 9.01. The van der Waals surface area contributed by atoms with E-state index in [1.165, 1.54) is 0 Å². The highest BCUT2D eigenvalue weighted by atomic mass is 32.2. The number of benzene rings is 1. The first-order valence-corrected chi connectivity index (χ1v) is 9.05. The quantitative estimate of drug-likeness (QED) is 0.678. The molecule has 8 heteroatoms. The lowest BCUT2D eigenvalue weighted by Gasteiger charge is -2.03. The van der Waals surface area contributed by atoms with Gasteiger partial charge in [0, 0.05) is 23.4 Å². The molecule has 0 atom stereocenters. The van der Waals surface area contributed by atoms with E-state index >= 15 is 0 Å². The molecule has 0 radical (unpaired) electrons. The molecule has 0 spiro atoms. The second-order valence-electron chi connectivity index (χ2n) is 4.71. The number of hydrogen-bond donors (Lipinski definition) is 0. The van der Waals surface area contributed by atoms with E-state index in [4.69, 9.17) is 0 Å². The van der Waals surface area contributed by atoms with Gasteiger partial charge in [0.1, 0.15) is 5.01 Å². The molecule has 2 aromatic heterocycles. The van der Waals surface area contributed by atoms with E-state index in [0.29, 0.717) is 10.6 Å². The van der Waals surface area contributed by atoms with Gasteiger partial charge < -0.3 is 0 Å². The van der Waals surface area contributed by atoms with Crippen molar-refractivity contribution in [1.82, 2.24) is 15.2 Å². The van der Waals surface area contributed by atoms with E-state index in [0.717, 1.165) is 28.5 Å². The Morgan fingerprint density at radius 3 is 2.68 bits per heavy atom. The number of ketones is 1. The fraction of sp³-hybridized carbons (Fsp3) is 0.143. The number of Topliss-reactive ketones (excluding diaryl/α,β-unsaturated/α-hetero) is 1. The summed E-state index contributed by atoms with van der Waals surface area (Å²) in [4.78, 5) is 16.7. The lowest BCUT2D eigenvalue weighted by atomic mass is 10.0. The van der Waals surface area contributed by atoms with Gasteiger partial charge in [-0.3, -0.25) is 9.78 Å². The molecule has 3 aromatic rings. The SMILES string of the molecule is CS(=O)(=O)c1nnc(CC(=O)c2ccnc3ccccc23)s1. The number of para-hydroxylation sites is 1. The summed E-state index contributed by atoms with van der Waals surface area (Å²) in [6.07, 6.45) is 2.66. The van der Waals surface area contributed by atoms with E-state index in [2.05, 4.69) is 15.2 Å². The number of fused-ring (bicyclic) bond motifs is 1. The number of sulfone groups is 1. The molecule has 0 fully saturated rings. The van der Waals surface area contributed by atoms with Gasteiger partial charge in [0.15, 0.2) is 5.78 Å². The Kier molecular flexibility index (Phi) is 3.71. The molecule has 0 bridgehead atoms. The van der Waals surface area contributed by atoms with Crippen LogP contribution in [0.5, 0.6) is 0 Å². The third kappa shape index (κ3) is 2.88. The number of hydrogen-bond acceptors (Lipinski definition) is 7. The highest BCUT2D eigenvalue weighted by molar-refractivity contribution is 7.92. The topological polar surface area (TPSA) is 89.9 Å². The van der Waals surface area contributed by atoms with Gasteiger partial charge in [-0.25, -0.2) is 8.42 Å². The zero-order valence-electron chi connectivity index (χ0n) is 11.6. The van der Waals surface area contributed by atoms with Crippen LogP contribution in [0.15, 0.2) is 40.9 Å². The molecule has 3 rings (SSSR count). The minimum atomic E-state index is -3.39. The first-order valence-electron chi connectivity index (χ1n) is 6.34. The highest BCUT2D eigenvalue weighted by Gasteiger charge is 2.18. The van der Waals surface area contributed by atoms with Gasteiger partial charge in [-0.05, 0) is 12.1 Å². The predicted octanol–water partition coefficient (Wildman–Crippen LogP) is 1.92. The van der Waals surface area contributed by atoms with E-state index in [1.807, 2.05) is 24.3 Å². The van der Waals surface area contributed by atoms with Gasteiger partial charge in [0.2, 0.25) is 14.2 Å². The minimum absolute atomic E-state index is 0.0151. The standard InChI is InChI=1S/C14H11N3O3S2/c1-22(19,20)14-17-16-13(21-14)8-12(18)10-6-7-15-11-5-3-2-4-9(10)11/h2-7H,8H2,1H3. The average Bonchev–Trinajstić information content (AvgIpc) is 2.95. The summed E-state index contributed by atoms with van der Waals surface area (Å²) in [5, 5.41) is 8.54. The zero-order chi connectivity index (χ0) is 15.7. The lowest BCUT2D eigenvalue weighted by Crippen LogP contribution is -2.04. The number of nitrogens with zero attached hydrogens (tertiary/aromatic N) is 3. The third-order valence-corrected chi connectivity index (χ3v) is 5.62. The predicted molar refractivity (Wildman–Crippen MR) is 82.8 cm³/mol. The van der Waals surface area contributed by atoms with Crippen LogP contribution in [0.25, 0.3) is 10.9 Å². The molecule has 0 saturated heterocycles. The molecule has 0 saturated carbocycles. The van der Waals surface area contributed by atoms with Crippen LogP contribution < -0.4 is 0 Å². The van der Waals surface area contributed by atoms with Crippen molar-refractivity contribution in [3.8, 4) is 0 Å². The fourth-order valence-corrected chi connectivity index (χ4v) is 3.68. The summed E-state index contributed by atoms with van der Waals surface area (Å²) in [6.45, 7) is 0. The Balaban J connectivity index is 1.92. The van der Waals surface area contributed by atoms with Gasteiger partial charge in [-0.15, -0.1) is 10.2 Å². The van der Waals surface area contributed by atoms with E-state index in [-0.39, 0.29) is 16.5 Å². The van der Waals surface area contributed by atoms with Gasteiger partial charge >= 0.3 is 0 Å². The molecule has 0 aliphatic carbocycles. The second kappa shape index (κ2) is 5.54. The molecule has 0 unspecified atom stereocenters. The molecule has 0 N–H and O–H groups in total. The summed E-state index contributed by atoms with van der Waals surface area (Å²) < 4.78 is 22.7. The summed E-state index contributed by atoms with van der Waals surface area (Å²) in [5.74, 6) is -0.144. The van der Waals surface area contributed by atoms with Crippen molar-refractivity contribution < 1.29 is 13.2 Å². The summed E-state index contributed by atoms with van der Waals surface area (Å²) in [5.41, 5.74) is 1.28. The number of aromatic nitrogens is 3. The van der Waals surface area contributed by atoms with Crippen LogP contribution in [-0.2, 0) is 16.3 Å². The summed E-state index contributed by atoms with van der Waals surface area (Å²) >= 11 is 0.922. The van der Waals surface area contributed by atoms with Gasteiger partial charge in [0.05, 0.1) is 11.9 Å². The Hall–Kier alpha value is -2.19. The molecule has 112 valence electrons. The molecule has 6 nitrogen and oxygen atoms in total. The molecule has 0 amide bonds. The van der Waals surface area contributed by atoms with Crippen LogP contribution in [0.4, 0.5) is 0 Å². The van der Waals surface area contributed by atoms with Crippen molar-refractivity contribution in [1.29, 1.82) is 0 Å². The monoisotopic (exact) mass is 333 g/mol. The smallest absolute Gasteiger partial charge is 0.232 e. The fourth-order valence-electron chi connectivity index (χ4n) is 2.03. The van der Waals surface area contributed by atoms with Crippen molar-refractivity contribution in [3.63, 3.8) is 0 Å². The van der Waals surface area contributed by atoms with Crippen LogP contribution in [0.2, 0.25) is 0 Å². The Morgan fingerprint density at radius 2 is 1.95 bits per heavy atom. The normalized spacial score (nSPS) is 11.7. The zero-order valence-corrected chi connectivity index (χ0v) is 13.2.